The summed E-state index contributed by atoms with van der Waals surface area (Å²) in [6.07, 6.45) is 7.51. The van der Waals surface area contributed by atoms with Crippen LogP contribution in [0.3, 0.4) is 0 Å². The maximum absolute atomic E-state index is 9.52. The minimum atomic E-state index is 0.247. The van der Waals surface area contributed by atoms with Crippen LogP contribution in [0, 0.1) is 23.2 Å². The molecular weight excluding hydrogens is 264 g/mol. The van der Waals surface area contributed by atoms with Crippen LogP contribution in [-0.2, 0) is 6.54 Å². The molecular formula is C17H24N2S. The van der Waals surface area contributed by atoms with Crippen molar-refractivity contribution < 1.29 is 0 Å². The van der Waals surface area contributed by atoms with E-state index in [1.54, 1.807) is 11.3 Å². The molecule has 3 rings (SSSR count). The Kier molecular flexibility index (Phi) is 4.43. The summed E-state index contributed by atoms with van der Waals surface area (Å²) < 4.78 is 0. The van der Waals surface area contributed by atoms with Crippen molar-refractivity contribution in [3.05, 3.63) is 22.4 Å². The average Bonchev–Trinajstić information content (AvgIpc) is 3.20. The Balaban J connectivity index is 1.75. The van der Waals surface area contributed by atoms with Crippen LogP contribution in [0.4, 0.5) is 0 Å². The molecule has 20 heavy (non-hydrogen) atoms. The summed E-state index contributed by atoms with van der Waals surface area (Å²) in [5, 5.41) is 13.9. The summed E-state index contributed by atoms with van der Waals surface area (Å²) in [6, 6.07) is 6.07. The molecule has 0 aromatic carbocycles. The number of thiophene rings is 1. The summed E-state index contributed by atoms with van der Waals surface area (Å²) in [4.78, 5) is 2.66. The molecule has 2 nitrogen and oxygen atoms in total. The van der Waals surface area contributed by atoms with Crippen molar-refractivity contribution in [2.45, 2.75) is 64.1 Å². The van der Waals surface area contributed by atoms with Gasteiger partial charge in [0.15, 0.2) is 0 Å². The lowest BCUT2D eigenvalue weighted by atomic mass is 9.77. The fraction of sp³-hybridized carbons (Fsp3) is 0.706. The molecule has 0 amide bonds. The highest BCUT2D eigenvalue weighted by Crippen LogP contribution is 2.39. The Labute approximate surface area is 126 Å². The third-order valence-corrected chi connectivity index (χ3v) is 5.79. The highest BCUT2D eigenvalue weighted by Gasteiger charge is 2.40. The van der Waals surface area contributed by atoms with Crippen molar-refractivity contribution in [3.8, 4) is 6.07 Å². The summed E-state index contributed by atoms with van der Waals surface area (Å²) in [6.45, 7) is 3.35. The van der Waals surface area contributed by atoms with Crippen LogP contribution >= 0.6 is 11.3 Å². The number of nitrogens with zero attached hydrogens (tertiary/aromatic N) is 2. The highest BCUT2D eigenvalue weighted by atomic mass is 32.1. The molecule has 0 N–H and O–H groups in total. The van der Waals surface area contributed by atoms with Crippen LogP contribution in [0.15, 0.2) is 16.8 Å². The van der Waals surface area contributed by atoms with Gasteiger partial charge in [-0.2, -0.15) is 16.6 Å². The van der Waals surface area contributed by atoms with E-state index >= 15 is 0 Å². The zero-order chi connectivity index (χ0) is 13.9. The van der Waals surface area contributed by atoms with Crippen LogP contribution in [0.25, 0.3) is 0 Å². The number of nitriles is 1. The second kappa shape index (κ2) is 6.28. The van der Waals surface area contributed by atoms with E-state index in [-0.39, 0.29) is 5.92 Å². The van der Waals surface area contributed by atoms with Crippen LogP contribution < -0.4 is 0 Å². The van der Waals surface area contributed by atoms with Gasteiger partial charge in [0.2, 0.25) is 0 Å². The van der Waals surface area contributed by atoms with Crippen molar-refractivity contribution in [1.29, 1.82) is 5.26 Å². The molecule has 2 aliphatic rings. The van der Waals surface area contributed by atoms with E-state index in [9.17, 15) is 5.26 Å². The Hall–Kier alpha value is -0.850. The minimum absolute atomic E-state index is 0.247. The first-order chi connectivity index (χ1) is 9.81. The molecule has 2 aliphatic carbocycles. The first-order valence-electron chi connectivity index (χ1n) is 7.98. The first-order valence-corrected chi connectivity index (χ1v) is 8.92. The van der Waals surface area contributed by atoms with Crippen molar-refractivity contribution >= 4 is 11.3 Å². The fourth-order valence-corrected chi connectivity index (χ4v) is 4.30. The Morgan fingerprint density at radius 3 is 2.80 bits per heavy atom. The van der Waals surface area contributed by atoms with Gasteiger partial charge < -0.3 is 0 Å². The van der Waals surface area contributed by atoms with E-state index in [2.05, 4.69) is 34.7 Å². The summed E-state index contributed by atoms with van der Waals surface area (Å²) in [5.41, 5.74) is 1.43. The van der Waals surface area contributed by atoms with Gasteiger partial charge in [0.1, 0.15) is 0 Å². The van der Waals surface area contributed by atoms with Crippen molar-refractivity contribution in [3.63, 3.8) is 0 Å². The zero-order valence-electron chi connectivity index (χ0n) is 12.3. The van der Waals surface area contributed by atoms with Crippen LogP contribution in [0.2, 0.25) is 0 Å². The molecule has 1 heterocycles. The second-order valence-electron chi connectivity index (χ2n) is 6.43. The molecule has 3 atom stereocenters. The van der Waals surface area contributed by atoms with Crippen molar-refractivity contribution in [2.75, 3.05) is 0 Å². The average molecular weight is 288 g/mol. The van der Waals surface area contributed by atoms with Gasteiger partial charge in [0, 0.05) is 18.6 Å². The molecule has 108 valence electrons. The van der Waals surface area contributed by atoms with Crippen LogP contribution in [0.1, 0.15) is 51.0 Å². The van der Waals surface area contributed by atoms with Gasteiger partial charge in [-0.05, 0) is 60.4 Å². The predicted octanol–water partition coefficient (Wildman–Crippen LogP) is 4.43. The second-order valence-corrected chi connectivity index (χ2v) is 7.21. The van der Waals surface area contributed by atoms with Gasteiger partial charge in [-0.3, -0.25) is 4.90 Å². The lowest BCUT2D eigenvalue weighted by molar-refractivity contribution is 0.0857. The third-order valence-electron chi connectivity index (χ3n) is 5.06. The molecule has 0 bridgehead atoms. The molecule has 0 saturated heterocycles. The number of rotatable bonds is 5. The first kappa shape index (κ1) is 14.1. The van der Waals surface area contributed by atoms with E-state index in [0.29, 0.717) is 6.04 Å². The summed E-state index contributed by atoms with van der Waals surface area (Å²) >= 11 is 1.78. The molecule has 0 spiro atoms. The summed E-state index contributed by atoms with van der Waals surface area (Å²) in [7, 11) is 0. The van der Waals surface area contributed by atoms with Gasteiger partial charge in [-0.1, -0.05) is 13.3 Å². The van der Waals surface area contributed by atoms with Crippen molar-refractivity contribution in [1.82, 2.24) is 4.90 Å². The highest BCUT2D eigenvalue weighted by molar-refractivity contribution is 7.07. The summed E-state index contributed by atoms with van der Waals surface area (Å²) in [5.74, 6) is 1.07. The Bertz CT molecular complexity index is 458. The normalized spacial score (nSPS) is 30.4. The predicted molar refractivity (Wildman–Crippen MR) is 83.4 cm³/mol. The van der Waals surface area contributed by atoms with E-state index in [0.717, 1.165) is 24.9 Å². The van der Waals surface area contributed by atoms with Crippen LogP contribution in [-0.4, -0.2) is 17.0 Å². The minimum Gasteiger partial charge on any atom is -0.292 e. The topological polar surface area (TPSA) is 27.0 Å². The van der Waals surface area contributed by atoms with Gasteiger partial charge in [-0.25, -0.2) is 0 Å². The van der Waals surface area contributed by atoms with Gasteiger partial charge in [0.25, 0.3) is 0 Å². The van der Waals surface area contributed by atoms with E-state index in [1.165, 1.54) is 37.7 Å². The Morgan fingerprint density at radius 2 is 2.20 bits per heavy atom. The third kappa shape index (κ3) is 3.07. The van der Waals surface area contributed by atoms with Crippen molar-refractivity contribution in [2.24, 2.45) is 11.8 Å². The van der Waals surface area contributed by atoms with E-state index in [1.807, 2.05) is 0 Å². The standard InChI is InChI=1S/C17H24N2S/c1-2-13-3-4-15(10-18)17(9-13)19(16-5-6-16)11-14-7-8-20-12-14/h7-8,12-13,15-17H,2-6,9,11H2,1H3. The maximum atomic E-state index is 9.52. The Morgan fingerprint density at radius 1 is 1.35 bits per heavy atom. The molecule has 0 aliphatic heterocycles. The molecule has 3 heteroatoms. The zero-order valence-corrected chi connectivity index (χ0v) is 13.1. The smallest absolute Gasteiger partial charge is 0.0672 e. The quantitative estimate of drug-likeness (QED) is 0.801. The monoisotopic (exact) mass is 288 g/mol. The SMILES string of the molecule is CCC1CCC(C#N)C(N(Cc2ccsc2)C2CC2)C1. The number of hydrogen-bond acceptors (Lipinski definition) is 3. The van der Waals surface area contributed by atoms with Gasteiger partial charge in [0.05, 0.1) is 12.0 Å². The molecule has 1 aromatic heterocycles. The molecule has 2 saturated carbocycles. The molecule has 0 radical (unpaired) electrons. The molecule has 3 unspecified atom stereocenters. The number of hydrogen-bond donors (Lipinski definition) is 0. The van der Waals surface area contributed by atoms with Crippen LogP contribution in [0.5, 0.6) is 0 Å². The maximum Gasteiger partial charge on any atom is 0.0672 e. The molecule has 2 fully saturated rings. The largest absolute Gasteiger partial charge is 0.292 e. The molecule has 1 aromatic rings. The van der Waals surface area contributed by atoms with E-state index in [4.69, 9.17) is 0 Å². The lowest BCUT2D eigenvalue weighted by Gasteiger charge is -2.40. The van der Waals surface area contributed by atoms with Gasteiger partial charge in [-0.15, -0.1) is 0 Å². The lowest BCUT2D eigenvalue weighted by Crippen LogP contribution is -2.44. The van der Waals surface area contributed by atoms with E-state index < -0.39 is 0 Å². The van der Waals surface area contributed by atoms with Gasteiger partial charge >= 0.3 is 0 Å². The fourth-order valence-electron chi connectivity index (χ4n) is 3.64.